The van der Waals surface area contributed by atoms with E-state index in [2.05, 4.69) is 25.6 Å². The van der Waals surface area contributed by atoms with E-state index in [1.54, 1.807) is 19.1 Å². The van der Waals surface area contributed by atoms with Gasteiger partial charge in [0.05, 0.1) is 5.69 Å². The molecule has 104 valence electrons. The van der Waals surface area contributed by atoms with Crippen LogP contribution in [0.15, 0.2) is 22.7 Å². The number of rotatable bonds is 3. The quantitative estimate of drug-likeness (QED) is 0.855. The summed E-state index contributed by atoms with van der Waals surface area (Å²) in [5.41, 5.74) is 0.696. The number of amides is 1. The number of carbonyl (C=O) groups is 2. The molecule has 0 aliphatic carbocycles. The van der Waals surface area contributed by atoms with Gasteiger partial charge in [-0.1, -0.05) is 27.5 Å². The van der Waals surface area contributed by atoms with Crippen molar-refractivity contribution >= 4 is 55.9 Å². The van der Waals surface area contributed by atoms with E-state index in [0.717, 1.165) is 11.5 Å². The van der Waals surface area contributed by atoms with Crippen LogP contribution >= 0.6 is 39.1 Å². The summed E-state index contributed by atoms with van der Waals surface area (Å²) in [5, 5.41) is 12.2. The number of nitrogens with zero attached hydrogens (tertiary/aromatic N) is 1. The van der Waals surface area contributed by atoms with Gasteiger partial charge in [0.15, 0.2) is 0 Å². The van der Waals surface area contributed by atoms with Crippen LogP contribution < -0.4 is 5.32 Å². The fourth-order valence-corrected chi connectivity index (χ4v) is 3.21. The van der Waals surface area contributed by atoms with Gasteiger partial charge in [0.25, 0.3) is 5.91 Å². The number of carbonyl (C=O) groups excluding carboxylic acids is 1. The van der Waals surface area contributed by atoms with E-state index in [0.29, 0.717) is 20.8 Å². The minimum absolute atomic E-state index is 0.00411. The zero-order valence-electron chi connectivity index (χ0n) is 10.1. The molecule has 0 saturated carbocycles. The fraction of sp³-hybridized carbons (Fsp3) is 0.0833. The first kappa shape index (κ1) is 15.0. The molecule has 20 heavy (non-hydrogen) atoms. The Morgan fingerprint density at radius 1 is 1.40 bits per heavy atom. The first-order valence-corrected chi connectivity index (χ1v) is 7.30. The Morgan fingerprint density at radius 2 is 2.10 bits per heavy atom. The summed E-state index contributed by atoms with van der Waals surface area (Å²) < 4.78 is 4.59. The lowest BCUT2D eigenvalue weighted by Crippen LogP contribution is -2.13. The van der Waals surface area contributed by atoms with Crippen LogP contribution in [0.25, 0.3) is 0 Å². The van der Waals surface area contributed by atoms with Crippen molar-refractivity contribution in [3.63, 3.8) is 0 Å². The average molecular weight is 376 g/mol. The van der Waals surface area contributed by atoms with Gasteiger partial charge in [-0.25, -0.2) is 4.79 Å². The normalized spacial score (nSPS) is 10.3. The molecule has 0 radical (unpaired) electrons. The lowest BCUT2D eigenvalue weighted by Gasteiger charge is -2.05. The second kappa shape index (κ2) is 5.90. The second-order valence-corrected chi connectivity index (χ2v) is 6.02. The summed E-state index contributed by atoms with van der Waals surface area (Å²) >= 11 is 10.0. The van der Waals surface area contributed by atoms with Gasteiger partial charge in [-0.15, -0.1) is 0 Å². The van der Waals surface area contributed by atoms with E-state index < -0.39 is 11.9 Å². The Labute approximate surface area is 131 Å². The molecule has 1 aromatic carbocycles. The van der Waals surface area contributed by atoms with E-state index in [1.807, 2.05) is 0 Å². The summed E-state index contributed by atoms with van der Waals surface area (Å²) in [5.74, 6) is -1.57. The van der Waals surface area contributed by atoms with Crippen LogP contribution in [-0.4, -0.2) is 21.4 Å². The highest BCUT2D eigenvalue weighted by molar-refractivity contribution is 9.10. The molecule has 2 N–H and O–H groups in total. The van der Waals surface area contributed by atoms with Gasteiger partial charge in [-0.2, -0.15) is 4.37 Å². The molecule has 1 amide bonds. The zero-order valence-corrected chi connectivity index (χ0v) is 13.3. The van der Waals surface area contributed by atoms with Gasteiger partial charge >= 0.3 is 5.97 Å². The van der Waals surface area contributed by atoms with Crippen molar-refractivity contribution < 1.29 is 14.7 Å². The lowest BCUT2D eigenvalue weighted by molar-refractivity contribution is 0.0697. The first-order valence-electron chi connectivity index (χ1n) is 5.35. The number of benzene rings is 1. The molecule has 0 spiro atoms. The molecular formula is C12H8BrClN2O3S. The number of halogens is 2. The molecule has 0 saturated heterocycles. The summed E-state index contributed by atoms with van der Waals surface area (Å²) in [6.07, 6.45) is 0. The molecule has 0 aliphatic heterocycles. The Balaban J connectivity index is 2.30. The van der Waals surface area contributed by atoms with Crippen molar-refractivity contribution in [3.05, 3.63) is 44.5 Å². The van der Waals surface area contributed by atoms with Crippen LogP contribution in [0, 0.1) is 6.92 Å². The molecule has 2 rings (SSSR count). The van der Waals surface area contributed by atoms with Gasteiger partial charge in [0, 0.05) is 15.1 Å². The Hall–Kier alpha value is -1.44. The molecule has 0 fully saturated rings. The summed E-state index contributed by atoms with van der Waals surface area (Å²) in [4.78, 5) is 23.2. The number of aryl methyl sites for hydroxylation is 1. The number of carboxylic acids is 1. The molecule has 0 unspecified atom stereocenters. The molecule has 5 nitrogen and oxygen atoms in total. The number of aromatic nitrogens is 1. The van der Waals surface area contributed by atoms with Crippen LogP contribution in [0.5, 0.6) is 0 Å². The van der Waals surface area contributed by atoms with E-state index in [1.165, 1.54) is 6.07 Å². The summed E-state index contributed by atoms with van der Waals surface area (Å²) in [6.45, 7) is 1.57. The Morgan fingerprint density at radius 3 is 2.70 bits per heavy atom. The highest BCUT2D eigenvalue weighted by Crippen LogP contribution is 2.26. The van der Waals surface area contributed by atoms with Crippen LogP contribution in [0.4, 0.5) is 5.00 Å². The maximum Gasteiger partial charge on any atom is 0.340 e. The van der Waals surface area contributed by atoms with E-state index in [4.69, 9.17) is 16.7 Å². The molecule has 1 heterocycles. The Kier molecular flexibility index (Phi) is 4.42. The SMILES string of the molecule is Cc1nsc(NC(=O)c2cc(Cl)cc(Br)c2)c1C(=O)O. The van der Waals surface area contributed by atoms with Crippen LogP contribution in [0.2, 0.25) is 5.02 Å². The van der Waals surface area contributed by atoms with E-state index in [-0.39, 0.29) is 10.6 Å². The topological polar surface area (TPSA) is 79.3 Å². The van der Waals surface area contributed by atoms with E-state index in [9.17, 15) is 9.59 Å². The van der Waals surface area contributed by atoms with Gasteiger partial charge in [0.2, 0.25) is 0 Å². The van der Waals surface area contributed by atoms with E-state index >= 15 is 0 Å². The molecule has 1 aromatic heterocycles. The smallest absolute Gasteiger partial charge is 0.340 e. The fourth-order valence-electron chi connectivity index (χ4n) is 1.57. The third-order valence-corrected chi connectivity index (χ3v) is 3.96. The van der Waals surface area contributed by atoms with Crippen molar-refractivity contribution in [1.29, 1.82) is 0 Å². The molecule has 0 aliphatic rings. The second-order valence-electron chi connectivity index (χ2n) is 3.89. The molecule has 2 aromatic rings. The maximum absolute atomic E-state index is 12.1. The number of nitrogens with one attached hydrogen (secondary N) is 1. The first-order chi connectivity index (χ1) is 9.38. The van der Waals surface area contributed by atoms with Crippen molar-refractivity contribution in [2.75, 3.05) is 5.32 Å². The molecule has 0 bridgehead atoms. The zero-order chi connectivity index (χ0) is 14.9. The van der Waals surface area contributed by atoms with Gasteiger partial charge in [-0.3, -0.25) is 4.79 Å². The number of hydrogen-bond acceptors (Lipinski definition) is 4. The monoisotopic (exact) mass is 374 g/mol. The third kappa shape index (κ3) is 3.17. The minimum Gasteiger partial charge on any atom is -0.478 e. The summed E-state index contributed by atoms with van der Waals surface area (Å²) in [7, 11) is 0. The predicted molar refractivity (Wildman–Crippen MR) is 80.9 cm³/mol. The van der Waals surface area contributed by atoms with Crippen molar-refractivity contribution in [1.82, 2.24) is 4.37 Å². The Bertz CT molecular complexity index is 682. The molecular weight excluding hydrogens is 368 g/mol. The highest BCUT2D eigenvalue weighted by Gasteiger charge is 2.20. The van der Waals surface area contributed by atoms with Crippen LogP contribution in [0.1, 0.15) is 26.4 Å². The summed E-state index contributed by atoms with van der Waals surface area (Å²) in [6, 6.07) is 4.74. The number of aromatic carboxylic acids is 1. The largest absolute Gasteiger partial charge is 0.478 e. The minimum atomic E-state index is -1.13. The number of hydrogen-bond donors (Lipinski definition) is 2. The van der Waals surface area contributed by atoms with Gasteiger partial charge in [0.1, 0.15) is 10.6 Å². The van der Waals surface area contributed by atoms with Crippen LogP contribution in [0.3, 0.4) is 0 Å². The lowest BCUT2D eigenvalue weighted by atomic mass is 10.2. The number of carboxylic acid groups (broad SMARTS) is 1. The van der Waals surface area contributed by atoms with Crippen molar-refractivity contribution in [3.8, 4) is 0 Å². The standard InChI is InChI=1S/C12H8BrClN2O3S/c1-5-9(12(18)19)11(20-16-5)15-10(17)6-2-7(13)4-8(14)3-6/h2-4H,1H3,(H,15,17)(H,18,19). The third-order valence-electron chi connectivity index (χ3n) is 2.43. The average Bonchev–Trinajstić information content (AvgIpc) is 2.69. The molecule has 0 atom stereocenters. The van der Waals surface area contributed by atoms with Crippen molar-refractivity contribution in [2.24, 2.45) is 0 Å². The van der Waals surface area contributed by atoms with Gasteiger partial charge in [-0.05, 0) is 36.7 Å². The highest BCUT2D eigenvalue weighted by atomic mass is 79.9. The number of anilines is 1. The van der Waals surface area contributed by atoms with Gasteiger partial charge < -0.3 is 10.4 Å². The maximum atomic E-state index is 12.1. The molecule has 8 heteroatoms. The predicted octanol–water partition coefficient (Wildman–Crippen LogP) is 3.82. The van der Waals surface area contributed by atoms with Crippen LogP contribution in [-0.2, 0) is 0 Å². The van der Waals surface area contributed by atoms with Crippen molar-refractivity contribution in [2.45, 2.75) is 6.92 Å².